The summed E-state index contributed by atoms with van der Waals surface area (Å²) in [6, 6.07) is 0.345. The molecule has 0 spiro atoms. The Morgan fingerprint density at radius 3 is 1.55 bits per heavy atom. The van der Waals surface area contributed by atoms with Gasteiger partial charge in [-0.3, -0.25) is 0 Å². The van der Waals surface area contributed by atoms with E-state index < -0.39 is 0 Å². The third-order valence-corrected chi connectivity index (χ3v) is 2.56. The molecule has 0 saturated heterocycles. The maximum atomic E-state index is 6.12. The van der Waals surface area contributed by atoms with E-state index in [1.54, 1.807) is 0 Å². The van der Waals surface area contributed by atoms with Gasteiger partial charge in [0.25, 0.3) is 0 Å². The fourth-order valence-corrected chi connectivity index (χ4v) is 1.50. The van der Waals surface area contributed by atoms with Crippen LogP contribution < -0.4 is 5.73 Å². The molecule has 0 saturated carbocycles. The van der Waals surface area contributed by atoms with Crippen LogP contribution in [-0.4, -0.2) is 6.04 Å². The first kappa shape index (κ1) is 11.0. The maximum absolute atomic E-state index is 6.12. The molecule has 68 valence electrons. The van der Waals surface area contributed by atoms with Crippen LogP contribution in [0.2, 0.25) is 0 Å². The third kappa shape index (κ3) is 3.24. The first-order chi connectivity index (χ1) is 4.93. The highest BCUT2D eigenvalue weighted by Gasteiger charge is 2.26. The van der Waals surface area contributed by atoms with Gasteiger partial charge in [-0.05, 0) is 11.3 Å². The molecular formula is C10H23N. The van der Waals surface area contributed by atoms with Crippen molar-refractivity contribution in [3.8, 4) is 0 Å². The first-order valence-electron chi connectivity index (χ1n) is 4.69. The number of hydrogen-bond donors (Lipinski definition) is 1. The van der Waals surface area contributed by atoms with Crippen LogP contribution >= 0.6 is 0 Å². The van der Waals surface area contributed by atoms with E-state index in [0.717, 1.165) is 0 Å². The van der Waals surface area contributed by atoms with Crippen LogP contribution in [0.3, 0.4) is 0 Å². The monoisotopic (exact) mass is 157 g/mol. The van der Waals surface area contributed by atoms with Gasteiger partial charge in [-0.1, -0.05) is 47.5 Å². The van der Waals surface area contributed by atoms with Crippen LogP contribution in [0.5, 0.6) is 0 Å². The second-order valence-corrected chi connectivity index (χ2v) is 4.47. The molecule has 1 unspecified atom stereocenters. The summed E-state index contributed by atoms with van der Waals surface area (Å²) < 4.78 is 0. The molecule has 0 rings (SSSR count). The summed E-state index contributed by atoms with van der Waals surface area (Å²) in [5.41, 5.74) is 6.38. The minimum absolute atomic E-state index is 0.261. The van der Waals surface area contributed by atoms with E-state index in [0.29, 0.717) is 12.0 Å². The van der Waals surface area contributed by atoms with Crippen LogP contribution in [-0.2, 0) is 0 Å². The van der Waals surface area contributed by atoms with Crippen LogP contribution in [0.25, 0.3) is 0 Å². The summed E-state index contributed by atoms with van der Waals surface area (Å²) in [5.74, 6) is 0.690. The van der Waals surface area contributed by atoms with Crippen LogP contribution in [0, 0.1) is 11.3 Å². The summed E-state index contributed by atoms with van der Waals surface area (Å²) >= 11 is 0. The normalized spacial score (nSPS) is 15.5. The predicted molar refractivity (Wildman–Crippen MR) is 51.5 cm³/mol. The summed E-state index contributed by atoms with van der Waals surface area (Å²) in [6.07, 6.45) is 2.41. The smallest absolute Gasteiger partial charge is 0.0116 e. The zero-order valence-electron chi connectivity index (χ0n) is 8.65. The van der Waals surface area contributed by atoms with Crippen molar-refractivity contribution < 1.29 is 0 Å². The fourth-order valence-electron chi connectivity index (χ4n) is 1.50. The molecule has 11 heavy (non-hydrogen) atoms. The molecule has 2 N–H and O–H groups in total. The van der Waals surface area contributed by atoms with E-state index in [-0.39, 0.29) is 5.41 Å². The van der Waals surface area contributed by atoms with Gasteiger partial charge in [0.15, 0.2) is 0 Å². The Morgan fingerprint density at radius 2 is 1.45 bits per heavy atom. The van der Waals surface area contributed by atoms with E-state index in [4.69, 9.17) is 5.73 Å². The molecule has 0 fully saturated rings. The lowest BCUT2D eigenvalue weighted by Gasteiger charge is -2.33. The average Bonchev–Trinajstić information content (AvgIpc) is 1.88. The van der Waals surface area contributed by atoms with Gasteiger partial charge in [-0.2, -0.15) is 0 Å². The highest BCUT2D eigenvalue weighted by molar-refractivity contribution is 4.82. The minimum Gasteiger partial charge on any atom is -0.327 e. The number of rotatable bonds is 3. The van der Waals surface area contributed by atoms with Crippen molar-refractivity contribution in [2.75, 3.05) is 0 Å². The largest absolute Gasteiger partial charge is 0.327 e. The lowest BCUT2D eigenvalue weighted by atomic mass is 9.77. The topological polar surface area (TPSA) is 26.0 Å². The summed E-state index contributed by atoms with van der Waals surface area (Å²) in [6.45, 7) is 11.1. The Labute approximate surface area is 71.4 Å². The number of nitrogens with two attached hydrogens (primary N) is 1. The Hall–Kier alpha value is -0.0400. The lowest BCUT2D eigenvalue weighted by molar-refractivity contribution is 0.226. The quantitative estimate of drug-likeness (QED) is 0.670. The zero-order valence-corrected chi connectivity index (χ0v) is 8.65. The molecular weight excluding hydrogens is 134 g/mol. The van der Waals surface area contributed by atoms with Crippen molar-refractivity contribution in [3.63, 3.8) is 0 Å². The second-order valence-electron chi connectivity index (χ2n) is 4.47. The molecule has 0 aromatic heterocycles. The lowest BCUT2D eigenvalue weighted by Crippen LogP contribution is -2.41. The standard InChI is InChI=1S/C10H23N/c1-6-8(7-2)9(11)10(3,4)5/h8-9H,6-7,11H2,1-5H3. The molecule has 0 amide bonds. The third-order valence-electron chi connectivity index (χ3n) is 2.56. The van der Waals surface area contributed by atoms with Gasteiger partial charge in [0.1, 0.15) is 0 Å². The van der Waals surface area contributed by atoms with Crippen molar-refractivity contribution in [3.05, 3.63) is 0 Å². The number of hydrogen-bond acceptors (Lipinski definition) is 1. The Morgan fingerprint density at radius 1 is 1.09 bits per heavy atom. The molecule has 0 aliphatic rings. The summed E-state index contributed by atoms with van der Waals surface area (Å²) in [5, 5.41) is 0. The van der Waals surface area contributed by atoms with E-state index in [2.05, 4.69) is 34.6 Å². The van der Waals surface area contributed by atoms with E-state index in [1.807, 2.05) is 0 Å². The predicted octanol–water partition coefficient (Wildman–Crippen LogP) is 2.80. The highest BCUT2D eigenvalue weighted by atomic mass is 14.7. The van der Waals surface area contributed by atoms with Crippen molar-refractivity contribution in [2.45, 2.75) is 53.5 Å². The molecule has 0 bridgehead atoms. The van der Waals surface area contributed by atoms with Gasteiger partial charge in [0, 0.05) is 6.04 Å². The van der Waals surface area contributed by atoms with Crippen LogP contribution in [0.1, 0.15) is 47.5 Å². The van der Waals surface area contributed by atoms with Gasteiger partial charge in [-0.15, -0.1) is 0 Å². The summed E-state index contributed by atoms with van der Waals surface area (Å²) in [7, 11) is 0. The van der Waals surface area contributed by atoms with Gasteiger partial charge < -0.3 is 5.73 Å². The van der Waals surface area contributed by atoms with Crippen LogP contribution in [0.4, 0.5) is 0 Å². The zero-order chi connectivity index (χ0) is 9.07. The van der Waals surface area contributed by atoms with Crippen molar-refractivity contribution in [2.24, 2.45) is 17.1 Å². The fraction of sp³-hybridized carbons (Fsp3) is 1.00. The molecule has 1 atom stereocenters. The average molecular weight is 157 g/mol. The summed E-state index contributed by atoms with van der Waals surface area (Å²) in [4.78, 5) is 0. The van der Waals surface area contributed by atoms with Crippen molar-refractivity contribution >= 4 is 0 Å². The van der Waals surface area contributed by atoms with E-state index in [9.17, 15) is 0 Å². The molecule has 0 heterocycles. The second kappa shape index (κ2) is 4.10. The Balaban J connectivity index is 4.09. The van der Waals surface area contributed by atoms with Crippen molar-refractivity contribution in [1.29, 1.82) is 0 Å². The van der Waals surface area contributed by atoms with E-state index >= 15 is 0 Å². The maximum Gasteiger partial charge on any atom is 0.0116 e. The van der Waals surface area contributed by atoms with Gasteiger partial charge in [0.05, 0.1) is 0 Å². The highest BCUT2D eigenvalue weighted by Crippen LogP contribution is 2.26. The Bertz CT molecular complexity index is 97.9. The van der Waals surface area contributed by atoms with Gasteiger partial charge in [-0.25, -0.2) is 0 Å². The molecule has 1 heteroatoms. The minimum atomic E-state index is 0.261. The van der Waals surface area contributed by atoms with Gasteiger partial charge in [0.2, 0.25) is 0 Å². The first-order valence-corrected chi connectivity index (χ1v) is 4.69. The van der Waals surface area contributed by atoms with E-state index in [1.165, 1.54) is 12.8 Å². The molecule has 0 aliphatic heterocycles. The molecule has 0 aromatic rings. The molecule has 0 aromatic carbocycles. The molecule has 0 radical (unpaired) electrons. The Kier molecular flexibility index (Phi) is 4.09. The molecule has 1 nitrogen and oxygen atoms in total. The van der Waals surface area contributed by atoms with Crippen LogP contribution in [0.15, 0.2) is 0 Å². The molecule has 0 aliphatic carbocycles. The van der Waals surface area contributed by atoms with Gasteiger partial charge >= 0.3 is 0 Å². The van der Waals surface area contributed by atoms with Crippen molar-refractivity contribution in [1.82, 2.24) is 0 Å². The SMILES string of the molecule is CCC(CC)C(N)C(C)(C)C.